The van der Waals surface area contributed by atoms with Crippen molar-refractivity contribution >= 4 is 12.0 Å². The number of rotatable bonds is 4. The monoisotopic (exact) mass is 270 g/mol. The first-order chi connectivity index (χ1) is 9.65. The fourth-order valence-electron chi connectivity index (χ4n) is 1.71. The molecule has 1 amide bonds. The SMILES string of the molecule is CN(Cc1ccncc1)C(=O)/C=C\c1ccc(F)cc1. The van der Waals surface area contributed by atoms with Crippen LogP contribution in [0.2, 0.25) is 0 Å². The summed E-state index contributed by atoms with van der Waals surface area (Å²) < 4.78 is 12.8. The highest BCUT2D eigenvalue weighted by Crippen LogP contribution is 2.06. The highest BCUT2D eigenvalue weighted by molar-refractivity contribution is 5.91. The molecule has 0 fully saturated rings. The van der Waals surface area contributed by atoms with E-state index in [1.807, 2.05) is 12.1 Å². The van der Waals surface area contributed by atoms with E-state index in [9.17, 15) is 9.18 Å². The summed E-state index contributed by atoms with van der Waals surface area (Å²) in [5.74, 6) is -0.394. The Hall–Kier alpha value is -2.49. The lowest BCUT2D eigenvalue weighted by Crippen LogP contribution is -2.24. The number of likely N-dealkylation sites (N-methyl/N-ethyl adjacent to an activating group) is 1. The van der Waals surface area contributed by atoms with Gasteiger partial charge in [-0.1, -0.05) is 12.1 Å². The lowest BCUT2D eigenvalue weighted by molar-refractivity contribution is -0.125. The van der Waals surface area contributed by atoms with Gasteiger partial charge in [-0.2, -0.15) is 0 Å². The second kappa shape index (κ2) is 6.61. The molecular weight excluding hydrogens is 255 g/mol. The normalized spacial score (nSPS) is 10.7. The summed E-state index contributed by atoms with van der Waals surface area (Å²) in [6, 6.07) is 9.72. The molecule has 0 radical (unpaired) electrons. The fraction of sp³-hybridized carbons (Fsp3) is 0.125. The van der Waals surface area contributed by atoms with Gasteiger partial charge in [0, 0.05) is 32.1 Å². The van der Waals surface area contributed by atoms with Crippen molar-refractivity contribution in [3.63, 3.8) is 0 Å². The summed E-state index contributed by atoms with van der Waals surface area (Å²) in [6.45, 7) is 0.523. The molecule has 2 rings (SSSR count). The van der Waals surface area contributed by atoms with E-state index in [-0.39, 0.29) is 11.7 Å². The molecule has 3 nitrogen and oxygen atoms in total. The van der Waals surface area contributed by atoms with Gasteiger partial charge in [0.1, 0.15) is 5.82 Å². The van der Waals surface area contributed by atoms with Crippen molar-refractivity contribution in [2.75, 3.05) is 7.05 Å². The van der Waals surface area contributed by atoms with Crippen LogP contribution in [0.4, 0.5) is 4.39 Å². The summed E-state index contributed by atoms with van der Waals surface area (Å²) in [5.41, 5.74) is 1.81. The maximum Gasteiger partial charge on any atom is 0.246 e. The van der Waals surface area contributed by atoms with Gasteiger partial charge in [0.2, 0.25) is 5.91 Å². The zero-order valence-electron chi connectivity index (χ0n) is 11.2. The molecule has 0 N–H and O–H groups in total. The Kier molecular flexibility index (Phi) is 4.60. The Morgan fingerprint density at radius 3 is 2.50 bits per heavy atom. The predicted octanol–water partition coefficient (Wildman–Crippen LogP) is 2.89. The van der Waals surface area contributed by atoms with Crippen LogP contribution in [0.5, 0.6) is 0 Å². The Labute approximate surface area is 117 Å². The molecule has 102 valence electrons. The number of benzene rings is 1. The van der Waals surface area contributed by atoms with Crippen LogP contribution in [0.3, 0.4) is 0 Å². The third-order valence-corrected chi connectivity index (χ3v) is 2.83. The molecule has 1 heterocycles. The molecule has 0 saturated carbocycles. The average Bonchev–Trinajstić information content (AvgIpc) is 2.47. The molecule has 20 heavy (non-hydrogen) atoms. The van der Waals surface area contributed by atoms with Gasteiger partial charge in [0.15, 0.2) is 0 Å². The molecule has 0 atom stereocenters. The molecule has 2 aromatic rings. The van der Waals surface area contributed by atoms with E-state index in [1.54, 1.807) is 42.6 Å². The number of nitrogens with zero attached hydrogens (tertiary/aromatic N) is 2. The van der Waals surface area contributed by atoms with Crippen molar-refractivity contribution in [1.82, 2.24) is 9.88 Å². The van der Waals surface area contributed by atoms with E-state index in [0.29, 0.717) is 6.54 Å². The molecule has 4 heteroatoms. The van der Waals surface area contributed by atoms with Crippen LogP contribution in [0.25, 0.3) is 6.08 Å². The van der Waals surface area contributed by atoms with Crippen LogP contribution in [0, 0.1) is 5.82 Å². The van der Waals surface area contributed by atoms with Crippen LogP contribution in [-0.4, -0.2) is 22.8 Å². The average molecular weight is 270 g/mol. The first kappa shape index (κ1) is 13.9. The van der Waals surface area contributed by atoms with E-state index >= 15 is 0 Å². The van der Waals surface area contributed by atoms with Gasteiger partial charge in [-0.25, -0.2) is 4.39 Å². The van der Waals surface area contributed by atoms with E-state index in [2.05, 4.69) is 4.98 Å². The molecular formula is C16H15FN2O. The first-order valence-corrected chi connectivity index (χ1v) is 6.23. The van der Waals surface area contributed by atoms with Crippen molar-refractivity contribution in [2.24, 2.45) is 0 Å². The number of hydrogen-bond donors (Lipinski definition) is 0. The second-order valence-electron chi connectivity index (χ2n) is 4.43. The van der Waals surface area contributed by atoms with Gasteiger partial charge in [-0.3, -0.25) is 9.78 Å². The summed E-state index contributed by atoms with van der Waals surface area (Å²) >= 11 is 0. The Balaban J connectivity index is 1.95. The van der Waals surface area contributed by atoms with Crippen LogP contribution < -0.4 is 0 Å². The number of hydrogen-bond acceptors (Lipinski definition) is 2. The predicted molar refractivity (Wildman–Crippen MR) is 76.1 cm³/mol. The summed E-state index contributed by atoms with van der Waals surface area (Å²) in [6.07, 6.45) is 6.54. The number of pyridine rings is 1. The smallest absolute Gasteiger partial charge is 0.246 e. The maximum atomic E-state index is 12.8. The van der Waals surface area contributed by atoms with Crippen molar-refractivity contribution < 1.29 is 9.18 Å². The zero-order valence-corrected chi connectivity index (χ0v) is 11.2. The van der Waals surface area contributed by atoms with E-state index in [4.69, 9.17) is 0 Å². The van der Waals surface area contributed by atoms with Gasteiger partial charge in [0.05, 0.1) is 0 Å². The summed E-state index contributed by atoms with van der Waals surface area (Å²) in [5, 5.41) is 0. The minimum atomic E-state index is -0.289. The van der Waals surface area contributed by atoms with E-state index < -0.39 is 0 Å². The largest absolute Gasteiger partial charge is 0.338 e. The lowest BCUT2D eigenvalue weighted by atomic mass is 10.2. The summed E-state index contributed by atoms with van der Waals surface area (Å²) in [7, 11) is 1.73. The van der Waals surface area contributed by atoms with Crippen LogP contribution in [-0.2, 0) is 11.3 Å². The van der Waals surface area contributed by atoms with Crippen LogP contribution >= 0.6 is 0 Å². The minimum absolute atomic E-state index is 0.105. The molecule has 0 aliphatic rings. The first-order valence-electron chi connectivity index (χ1n) is 6.23. The molecule has 0 spiro atoms. The maximum absolute atomic E-state index is 12.8. The number of carbonyl (C=O) groups is 1. The zero-order chi connectivity index (χ0) is 14.4. The number of aromatic nitrogens is 1. The fourth-order valence-corrected chi connectivity index (χ4v) is 1.71. The second-order valence-corrected chi connectivity index (χ2v) is 4.43. The number of halogens is 1. The van der Waals surface area contributed by atoms with E-state index in [0.717, 1.165) is 11.1 Å². The number of amides is 1. The lowest BCUT2D eigenvalue weighted by Gasteiger charge is -2.14. The standard InChI is InChI=1S/C16H15FN2O/c1-19(12-14-8-10-18-11-9-14)16(20)7-4-13-2-5-15(17)6-3-13/h2-11H,12H2,1H3/b7-4-. The molecule has 0 saturated heterocycles. The van der Waals surface area contributed by atoms with Crippen LogP contribution in [0.1, 0.15) is 11.1 Å². The van der Waals surface area contributed by atoms with Crippen molar-refractivity contribution in [2.45, 2.75) is 6.54 Å². The van der Waals surface area contributed by atoms with Gasteiger partial charge < -0.3 is 4.90 Å². The quantitative estimate of drug-likeness (QED) is 0.800. The third kappa shape index (κ3) is 4.02. The van der Waals surface area contributed by atoms with Crippen molar-refractivity contribution in [3.05, 3.63) is 71.8 Å². The molecule has 0 bridgehead atoms. The Morgan fingerprint density at radius 1 is 1.20 bits per heavy atom. The molecule has 1 aromatic heterocycles. The molecule has 0 unspecified atom stereocenters. The molecule has 1 aromatic carbocycles. The Bertz CT molecular complexity index is 594. The van der Waals surface area contributed by atoms with Gasteiger partial charge in [-0.05, 0) is 41.5 Å². The van der Waals surface area contributed by atoms with Gasteiger partial charge in [-0.15, -0.1) is 0 Å². The molecule has 0 aliphatic heterocycles. The number of carbonyl (C=O) groups excluding carboxylic acids is 1. The van der Waals surface area contributed by atoms with Gasteiger partial charge >= 0.3 is 0 Å². The van der Waals surface area contributed by atoms with Gasteiger partial charge in [0.25, 0.3) is 0 Å². The third-order valence-electron chi connectivity index (χ3n) is 2.83. The Morgan fingerprint density at radius 2 is 1.85 bits per heavy atom. The highest BCUT2D eigenvalue weighted by atomic mass is 19.1. The van der Waals surface area contributed by atoms with E-state index in [1.165, 1.54) is 18.2 Å². The molecule has 0 aliphatic carbocycles. The topological polar surface area (TPSA) is 33.2 Å². The minimum Gasteiger partial charge on any atom is -0.338 e. The van der Waals surface area contributed by atoms with Crippen molar-refractivity contribution in [1.29, 1.82) is 0 Å². The van der Waals surface area contributed by atoms with Crippen molar-refractivity contribution in [3.8, 4) is 0 Å². The summed E-state index contributed by atoms with van der Waals surface area (Å²) in [4.78, 5) is 17.5. The van der Waals surface area contributed by atoms with Crippen LogP contribution in [0.15, 0.2) is 54.9 Å². The highest BCUT2D eigenvalue weighted by Gasteiger charge is 2.05.